The molecular weight excluding hydrogens is 453 g/mol. The van der Waals surface area contributed by atoms with Gasteiger partial charge in [0.1, 0.15) is 5.76 Å². The molecule has 1 fully saturated rings. The van der Waals surface area contributed by atoms with Crippen LogP contribution in [0.5, 0.6) is 0 Å². The van der Waals surface area contributed by atoms with Crippen LogP contribution in [0.2, 0.25) is 0 Å². The van der Waals surface area contributed by atoms with Gasteiger partial charge in [0.05, 0.1) is 12.7 Å². The van der Waals surface area contributed by atoms with Crippen LogP contribution in [0.4, 0.5) is 0 Å². The molecule has 1 saturated heterocycles. The summed E-state index contributed by atoms with van der Waals surface area (Å²) in [5, 5.41) is 6.64. The standard InChI is InChI=1S/C20H37N5O.HI/c1-20(2,3)17-15-23-18(26-17)16-24-19(21-4)22-11-7-5-8-12-25-13-9-6-10-14-25;/h15H,5-14,16H2,1-4H3,(H2,21,22,24);1H. The molecule has 1 aromatic rings. The summed E-state index contributed by atoms with van der Waals surface area (Å²) in [6.07, 6.45) is 9.71. The van der Waals surface area contributed by atoms with Gasteiger partial charge in [0.15, 0.2) is 5.96 Å². The van der Waals surface area contributed by atoms with Crippen LogP contribution >= 0.6 is 24.0 Å². The van der Waals surface area contributed by atoms with E-state index in [0.717, 1.165) is 18.3 Å². The molecule has 156 valence electrons. The van der Waals surface area contributed by atoms with Crippen LogP contribution in [-0.4, -0.2) is 49.1 Å². The summed E-state index contributed by atoms with van der Waals surface area (Å²) in [5.41, 5.74) is -0.0145. The number of piperidine rings is 1. The van der Waals surface area contributed by atoms with Gasteiger partial charge in [0.2, 0.25) is 5.89 Å². The van der Waals surface area contributed by atoms with E-state index in [0.29, 0.717) is 12.4 Å². The Labute approximate surface area is 182 Å². The molecule has 0 aromatic carbocycles. The van der Waals surface area contributed by atoms with Crippen molar-refractivity contribution in [3.8, 4) is 0 Å². The number of hydrogen-bond acceptors (Lipinski definition) is 4. The minimum absolute atomic E-state index is 0. The third-order valence-corrected chi connectivity index (χ3v) is 4.82. The van der Waals surface area contributed by atoms with Gasteiger partial charge in [0.25, 0.3) is 0 Å². The first-order valence-electron chi connectivity index (χ1n) is 10.1. The zero-order valence-corrected chi connectivity index (χ0v) is 19.8. The fraction of sp³-hybridized carbons (Fsp3) is 0.800. The van der Waals surface area contributed by atoms with Crippen LogP contribution in [0.3, 0.4) is 0 Å². The Kier molecular flexibility index (Phi) is 11.3. The summed E-state index contributed by atoms with van der Waals surface area (Å²) >= 11 is 0. The molecule has 0 aliphatic carbocycles. The fourth-order valence-electron chi connectivity index (χ4n) is 3.15. The van der Waals surface area contributed by atoms with Crippen molar-refractivity contribution in [3.05, 3.63) is 17.8 Å². The van der Waals surface area contributed by atoms with Crippen molar-refractivity contribution in [2.24, 2.45) is 4.99 Å². The largest absolute Gasteiger partial charge is 0.443 e. The Morgan fingerprint density at radius 1 is 1.15 bits per heavy atom. The summed E-state index contributed by atoms with van der Waals surface area (Å²) < 4.78 is 5.80. The third-order valence-electron chi connectivity index (χ3n) is 4.82. The molecule has 0 amide bonds. The number of halogens is 1. The van der Waals surface area contributed by atoms with Gasteiger partial charge in [-0.25, -0.2) is 4.98 Å². The van der Waals surface area contributed by atoms with Crippen LogP contribution in [0, 0.1) is 0 Å². The molecule has 0 atom stereocenters. The molecule has 27 heavy (non-hydrogen) atoms. The number of likely N-dealkylation sites (tertiary alicyclic amines) is 1. The Balaban J connectivity index is 0.00000364. The SMILES string of the molecule is CN=C(NCCCCCN1CCCCC1)NCc1ncc(C(C)(C)C)o1.I. The molecule has 1 aliphatic heterocycles. The third kappa shape index (κ3) is 9.27. The number of aliphatic imine (C=N–C) groups is 1. The maximum atomic E-state index is 5.80. The lowest BCUT2D eigenvalue weighted by Gasteiger charge is -2.26. The first-order valence-corrected chi connectivity index (χ1v) is 10.1. The maximum Gasteiger partial charge on any atom is 0.213 e. The maximum absolute atomic E-state index is 5.80. The van der Waals surface area contributed by atoms with Crippen molar-refractivity contribution in [2.45, 2.75) is 71.3 Å². The lowest BCUT2D eigenvalue weighted by molar-refractivity contribution is 0.224. The normalized spacial score (nSPS) is 16.1. The van der Waals surface area contributed by atoms with Crippen molar-refractivity contribution in [1.82, 2.24) is 20.5 Å². The molecule has 1 aliphatic rings. The molecule has 2 N–H and O–H groups in total. The Morgan fingerprint density at radius 2 is 1.89 bits per heavy atom. The van der Waals surface area contributed by atoms with Gasteiger partial charge in [-0.15, -0.1) is 24.0 Å². The summed E-state index contributed by atoms with van der Waals surface area (Å²) in [5.74, 6) is 2.40. The average molecular weight is 491 g/mol. The molecule has 6 nitrogen and oxygen atoms in total. The van der Waals surface area contributed by atoms with Crippen molar-refractivity contribution < 1.29 is 4.42 Å². The van der Waals surface area contributed by atoms with Gasteiger partial charge in [-0.2, -0.15) is 0 Å². The molecule has 2 rings (SSSR count). The summed E-state index contributed by atoms with van der Waals surface area (Å²) in [6, 6.07) is 0. The van der Waals surface area contributed by atoms with E-state index in [9.17, 15) is 0 Å². The zero-order valence-electron chi connectivity index (χ0n) is 17.5. The molecule has 0 unspecified atom stereocenters. The van der Waals surface area contributed by atoms with Crippen LogP contribution in [0.1, 0.15) is 70.9 Å². The molecule has 0 spiro atoms. The van der Waals surface area contributed by atoms with E-state index in [2.05, 4.69) is 46.3 Å². The number of oxazole rings is 1. The highest BCUT2D eigenvalue weighted by atomic mass is 127. The predicted molar refractivity (Wildman–Crippen MR) is 123 cm³/mol. The van der Waals surface area contributed by atoms with Gasteiger partial charge in [-0.05, 0) is 45.3 Å². The topological polar surface area (TPSA) is 65.7 Å². The molecule has 0 radical (unpaired) electrons. The minimum Gasteiger partial charge on any atom is -0.443 e. The van der Waals surface area contributed by atoms with Crippen molar-refractivity contribution in [1.29, 1.82) is 0 Å². The highest BCUT2D eigenvalue weighted by Crippen LogP contribution is 2.22. The van der Waals surface area contributed by atoms with Crippen molar-refractivity contribution >= 4 is 29.9 Å². The van der Waals surface area contributed by atoms with Gasteiger partial charge in [-0.1, -0.05) is 33.6 Å². The first-order chi connectivity index (χ1) is 12.5. The molecule has 0 saturated carbocycles. The van der Waals surface area contributed by atoms with E-state index in [4.69, 9.17) is 4.42 Å². The van der Waals surface area contributed by atoms with Crippen molar-refractivity contribution in [3.63, 3.8) is 0 Å². The number of hydrogen-bond donors (Lipinski definition) is 2. The van der Waals surface area contributed by atoms with Crippen molar-refractivity contribution in [2.75, 3.05) is 33.2 Å². The number of nitrogens with one attached hydrogen (secondary N) is 2. The average Bonchev–Trinajstić information content (AvgIpc) is 3.11. The van der Waals surface area contributed by atoms with Gasteiger partial charge in [0, 0.05) is 19.0 Å². The Hall–Kier alpha value is -0.830. The fourth-order valence-corrected chi connectivity index (χ4v) is 3.15. The minimum atomic E-state index is -0.0145. The lowest BCUT2D eigenvalue weighted by Crippen LogP contribution is -2.37. The van der Waals surface area contributed by atoms with E-state index >= 15 is 0 Å². The van der Waals surface area contributed by atoms with E-state index in [1.165, 1.54) is 58.2 Å². The number of aromatic nitrogens is 1. The number of rotatable bonds is 8. The van der Waals surface area contributed by atoms with E-state index in [1.54, 1.807) is 7.05 Å². The van der Waals surface area contributed by atoms with Crippen LogP contribution in [-0.2, 0) is 12.0 Å². The smallest absolute Gasteiger partial charge is 0.213 e. The van der Waals surface area contributed by atoms with Crippen LogP contribution in [0.25, 0.3) is 0 Å². The summed E-state index contributed by atoms with van der Waals surface area (Å²) in [6.45, 7) is 11.7. The van der Waals surface area contributed by atoms with E-state index in [1.807, 2.05) is 6.20 Å². The van der Waals surface area contributed by atoms with Crippen LogP contribution in [0.15, 0.2) is 15.6 Å². The zero-order chi connectivity index (χ0) is 18.8. The number of unbranched alkanes of at least 4 members (excludes halogenated alkanes) is 2. The number of nitrogens with zero attached hydrogens (tertiary/aromatic N) is 3. The highest BCUT2D eigenvalue weighted by molar-refractivity contribution is 14.0. The first kappa shape index (κ1) is 24.2. The quantitative estimate of drug-likeness (QED) is 0.250. The second-order valence-corrected chi connectivity index (χ2v) is 8.18. The molecule has 7 heteroatoms. The van der Waals surface area contributed by atoms with E-state index < -0.39 is 0 Å². The number of guanidine groups is 1. The van der Waals surface area contributed by atoms with Gasteiger partial charge < -0.3 is 20.0 Å². The monoisotopic (exact) mass is 491 g/mol. The summed E-state index contributed by atoms with van der Waals surface area (Å²) in [4.78, 5) is 11.2. The molecule has 1 aromatic heterocycles. The Morgan fingerprint density at radius 3 is 2.52 bits per heavy atom. The molecular formula is C20H38IN5O. The van der Waals surface area contributed by atoms with Gasteiger partial charge in [-0.3, -0.25) is 4.99 Å². The second-order valence-electron chi connectivity index (χ2n) is 8.18. The highest BCUT2D eigenvalue weighted by Gasteiger charge is 2.19. The molecule has 0 bridgehead atoms. The predicted octanol–water partition coefficient (Wildman–Crippen LogP) is 3.91. The Bertz CT molecular complexity index is 547. The van der Waals surface area contributed by atoms with E-state index in [-0.39, 0.29) is 29.4 Å². The summed E-state index contributed by atoms with van der Waals surface area (Å²) in [7, 11) is 1.79. The molecule has 2 heterocycles. The second kappa shape index (κ2) is 12.6. The lowest BCUT2D eigenvalue weighted by atomic mass is 9.94. The van der Waals surface area contributed by atoms with Gasteiger partial charge >= 0.3 is 0 Å². The van der Waals surface area contributed by atoms with Crippen LogP contribution < -0.4 is 10.6 Å².